The van der Waals surface area contributed by atoms with Crippen molar-refractivity contribution in [1.82, 2.24) is 4.98 Å². The molecule has 3 aromatic carbocycles. The zero-order valence-electron chi connectivity index (χ0n) is 16.9. The molecule has 5 aromatic rings. The quantitative estimate of drug-likeness (QED) is 0.205. The minimum atomic E-state index is -0.561. The first-order valence-electron chi connectivity index (χ1n) is 9.83. The second-order valence-electron chi connectivity index (χ2n) is 7.11. The van der Waals surface area contributed by atoms with E-state index >= 15 is 0 Å². The minimum Gasteiger partial charge on any atom is -0.507 e. The van der Waals surface area contributed by atoms with Gasteiger partial charge in [-0.3, -0.25) is 14.9 Å². The Kier molecular flexibility index (Phi) is 4.83. The number of hydrogen-bond acceptors (Lipinski definition) is 7. The number of nitro benzene ring substituents is 1. The third-order valence-corrected chi connectivity index (χ3v) is 4.97. The van der Waals surface area contributed by atoms with E-state index in [4.69, 9.17) is 8.83 Å². The monoisotopic (exact) mass is 441 g/mol. The highest BCUT2D eigenvalue weighted by atomic mass is 16.6. The molecular formula is C24H15N3O6. The molecule has 0 aliphatic carbocycles. The predicted octanol–water partition coefficient (Wildman–Crippen LogP) is 5.62. The van der Waals surface area contributed by atoms with E-state index in [9.17, 15) is 20.0 Å². The Morgan fingerprint density at radius 1 is 0.939 bits per heavy atom. The Morgan fingerprint density at radius 2 is 1.73 bits per heavy atom. The molecule has 1 amide bonds. The van der Waals surface area contributed by atoms with Gasteiger partial charge in [0.2, 0.25) is 5.89 Å². The van der Waals surface area contributed by atoms with Gasteiger partial charge in [-0.1, -0.05) is 24.3 Å². The minimum absolute atomic E-state index is 0.0281. The molecule has 0 bridgehead atoms. The van der Waals surface area contributed by atoms with Crippen LogP contribution in [0.1, 0.15) is 10.6 Å². The number of phenolic OH excluding ortho intramolecular Hbond substituents is 1. The Balaban J connectivity index is 1.41. The number of aromatic hydroxyl groups is 1. The molecule has 0 radical (unpaired) electrons. The smallest absolute Gasteiger partial charge is 0.291 e. The second-order valence-corrected chi connectivity index (χ2v) is 7.11. The summed E-state index contributed by atoms with van der Waals surface area (Å²) in [6.07, 6.45) is 0. The van der Waals surface area contributed by atoms with Gasteiger partial charge in [0, 0.05) is 11.8 Å². The van der Waals surface area contributed by atoms with Gasteiger partial charge >= 0.3 is 0 Å². The number of carbonyl (C=O) groups excluding carboxylic acids is 1. The molecule has 5 rings (SSSR count). The maximum atomic E-state index is 12.7. The molecule has 9 nitrogen and oxygen atoms in total. The van der Waals surface area contributed by atoms with Crippen molar-refractivity contribution in [2.45, 2.75) is 0 Å². The van der Waals surface area contributed by atoms with Crippen LogP contribution in [0.25, 0.3) is 33.9 Å². The summed E-state index contributed by atoms with van der Waals surface area (Å²) in [6.45, 7) is 0. The number of nitrogens with zero attached hydrogens (tertiary/aromatic N) is 2. The number of phenols is 1. The lowest BCUT2D eigenvalue weighted by molar-refractivity contribution is -0.384. The Hall–Kier alpha value is -4.92. The predicted molar refractivity (Wildman–Crippen MR) is 120 cm³/mol. The van der Waals surface area contributed by atoms with Crippen LogP contribution in [0.5, 0.6) is 5.75 Å². The van der Waals surface area contributed by atoms with Gasteiger partial charge in [0.25, 0.3) is 11.6 Å². The summed E-state index contributed by atoms with van der Waals surface area (Å²) in [6, 6.07) is 20.7. The van der Waals surface area contributed by atoms with E-state index in [1.54, 1.807) is 30.3 Å². The van der Waals surface area contributed by atoms with Gasteiger partial charge in [0.15, 0.2) is 11.3 Å². The van der Waals surface area contributed by atoms with Crippen LogP contribution in [0.3, 0.4) is 0 Å². The Morgan fingerprint density at radius 3 is 2.55 bits per heavy atom. The van der Waals surface area contributed by atoms with E-state index in [2.05, 4.69) is 10.3 Å². The van der Waals surface area contributed by atoms with Gasteiger partial charge in [0.05, 0.1) is 16.1 Å². The number of furan rings is 1. The Labute approximate surface area is 186 Å². The third kappa shape index (κ3) is 3.79. The molecule has 33 heavy (non-hydrogen) atoms. The lowest BCUT2D eigenvalue weighted by atomic mass is 10.1. The van der Waals surface area contributed by atoms with Crippen molar-refractivity contribution in [1.29, 1.82) is 0 Å². The Bertz CT molecular complexity index is 1480. The van der Waals surface area contributed by atoms with E-state index in [1.165, 1.54) is 36.4 Å². The van der Waals surface area contributed by atoms with Crippen molar-refractivity contribution in [2.75, 3.05) is 5.32 Å². The number of hydrogen-bond donors (Lipinski definition) is 2. The van der Waals surface area contributed by atoms with E-state index in [1.807, 2.05) is 12.1 Å². The summed E-state index contributed by atoms with van der Waals surface area (Å²) in [7, 11) is 0. The van der Waals surface area contributed by atoms with Crippen LogP contribution >= 0.6 is 0 Å². The van der Waals surface area contributed by atoms with Crippen LogP contribution in [0.15, 0.2) is 87.7 Å². The number of amides is 1. The fourth-order valence-corrected chi connectivity index (χ4v) is 3.41. The first-order valence-corrected chi connectivity index (χ1v) is 9.83. The summed E-state index contributed by atoms with van der Waals surface area (Å²) in [4.78, 5) is 27.8. The number of carbonyl (C=O) groups is 1. The number of aromatic nitrogens is 1. The van der Waals surface area contributed by atoms with E-state index in [-0.39, 0.29) is 34.4 Å². The van der Waals surface area contributed by atoms with Crippen LogP contribution in [0.2, 0.25) is 0 Å². The van der Waals surface area contributed by atoms with Crippen LogP contribution in [0.4, 0.5) is 11.4 Å². The standard InChI is InChI=1S/C24H15N3O6/c28-19-10-9-14(13-16(19)24-26-17-6-2-4-8-21(17)33-24)25-23(29)22-12-11-20(32-22)15-5-1-3-7-18(15)27(30)31/h1-13,28H,(H,25,29). The van der Waals surface area contributed by atoms with Crippen LogP contribution in [-0.2, 0) is 0 Å². The number of rotatable bonds is 5. The topological polar surface area (TPSA) is 132 Å². The van der Waals surface area contributed by atoms with E-state index in [0.29, 0.717) is 22.4 Å². The average molecular weight is 441 g/mol. The summed E-state index contributed by atoms with van der Waals surface area (Å²) in [5, 5.41) is 24.2. The van der Waals surface area contributed by atoms with Crippen molar-refractivity contribution >= 4 is 28.4 Å². The second kappa shape index (κ2) is 7.97. The highest BCUT2D eigenvalue weighted by Crippen LogP contribution is 2.34. The fourth-order valence-electron chi connectivity index (χ4n) is 3.41. The maximum Gasteiger partial charge on any atom is 0.291 e. The normalized spacial score (nSPS) is 10.9. The van der Waals surface area contributed by atoms with E-state index in [0.717, 1.165) is 0 Å². The number of nitrogens with one attached hydrogen (secondary N) is 1. The molecule has 0 spiro atoms. The number of fused-ring (bicyclic) bond motifs is 1. The third-order valence-electron chi connectivity index (χ3n) is 4.97. The molecule has 2 N–H and O–H groups in total. The molecule has 0 unspecified atom stereocenters. The van der Waals surface area contributed by atoms with Gasteiger partial charge in [-0.2, -0.15) is 0 Å². The molecule has 2 aromatic heterocycles. The van der Waals surface area contributed by atoms with E-state index < -0.39 is 10.8 Å². The summed E-state index contributed by atoms with van der Waals surface area (Å²) < 4.78 is 11.3. The van der Waals surface area contributed by atoms with Gasteiger partial charge in [0.1, 0.15) is 17.0 Å². The summed E-state index contributed by atoms with van der Waals surface area (Å²) in [5.74, 6) is -0.239. The molecule has 0 saturated carbocycles. The number of benzene rings is 3. The first-order chi connectivity index (χ1) is 16.0. The fraction of sp³-hybridized carbons (Fsp3) is 0. The summed E-state index contributed by atoms with van der Waals surface area (Å²) in [5.41, 5.74) is 2.03. The first kappa shape index (κ1) is 20.0. The van der Waals surface area contributed by atoms with Crippen LogP contribution < -0.4 is 5.32 Å². The summed E-state index contributed by atoms with van der Waals surface area (Å²) >= 11 is 0. The zero-order valence-corrected chi connectivity index (χ0v) is 16.9. The number of anilines is 1. The molecule has 9 heteroatoms. The molecule has 0 atom stereocenters. The highest BCUT2D eigenvalue weighted by molar-refractivity contribution is 6.03. The molecular weight excluding hydrogens is 426 g/mol. The van der Waals surface area contributed by atoms with Crippen molar-refractivity contribution in [3.63, 3.8) is 0 Å². The SMILES string of the molecule is O=C(Nc1ccc(O)c(-c2nc3ccccc3o2)c1)c1ccc(-c2ccccc2[N+](=O)[O-])o1. The van der Waals surface area contributed by atoms with Crippen molar-refractivity contribution < 1.29 is 23.7 Å². The van der Waals surface area contributed by atoms with Crippen LogP contribution in [-0.4, -0.2) is 20.9 Å². The molecule has 0 saturated heterocycles. The van der Waals surface area contributed by atoms with Crippen molar-refractivity contribution in [3.05, 3.63) is 94.7 Å². The highest BCUT2D eigenvalue weighted by Gasteiger charge is 2.20. The molecule has 2 heterocycles. The molecule has 0 aliphatic heterocycles. The number of para-hydroxylation sites is 3. The maximum absolute atomic E-state index is 12.7. The zero-order chi connectivity index (χ0) is 22.9. The van der Waals surface area contributed by atoms with Gasteiger partial charge in [-0.15, -0.1) is 0 Å². The van der Waals surface area contributed by atoms with Crippen LogP contribution in [0, 0.1) is 10.1 Å². The number of oxazole rings is 1. The van der Waals surface area contributed by atoms with Gasteiger partial charge < -0.3 is 19.3 Å². The average Bonchev–Trinajstić information content (AvgIpc) is 3.48. The van der Waals surface area contributed by atoms with Crippen molar-refractivity contribution in [2.24, 2.45) is 0 Å². The van der Waals surface area contributed by atoms with Gasteiger partial charge in [-0.05, 0) is 48.5 Å². The lowest BCUT2D eigenvalue weighted by Gasteiger charge is -2.06. The largest absolute Gasteiger partial charge is 0.507 e. The molecule has 162 valence electrons. The molecule has 0 fully saturated rings. The molecule has 0 aliphatic rings. The van der Waals surface area contributed by atoms with Gasteiger partial charge in [-0.25, -0.2) is 4.98 Å². The lowest BCUT2D eigenvalue weighted by Crippen LogP contribution is -2.10. The number of nitro groups is 1. The van der Waals surface area contributed by atoms with Crippen molar-refractivity contribution in [3.8, 4) is 28.5 Å².